The zero-order valence-electron chi connectivity index (χ0n) is 10.8. The molecule has 0 saturated carbocycles. The SMILES string of the molecule is COc1ccc(OC)c(/C=C/C(=O)c2ccco2)c1. The summed E-state index contributed by atoms with van der Waals surface area (Å²) in [7, 11) is 3.16. The molecule has 1 aromatic heterocycles. The van der Waals surface area contributed by atoms with Crippen molar-refractivity contribution in [3.63, 3.8) is 0 Å². The van der Waals surface area contributed by atoms with Crippen molar-refractivity contribution < 1.29 is 18.7 Å². The van der Waals surface area contributed by atoms with Gasteiger partial charge in [0.1, 0.15) is 11.5 Å². The summed E-state index contributed by atoms with van der Waals surface area (Å²) in [4.78, 5) is 11.8. The Labute approximate surface area is 111 Å². The zero-order valence-corrected chi connectivity index (χ0v) is 10.8. The summed E-state index contributed by atoms with van der Waals surface area (Å²) in [6.07, 6.45) is 4.58. The molecule has 19 heavy (non-hydrogen) atoms. The topological polar surface area (TPSA) is 48.7 Å². The number of ether oxygens (including phenoxy) is 2. The second-order valence-electron chi connectivity index (χ2n) is 3.78. The van der Waals surface area contributed by atoms with Crippen LogP contribution in [0.3, 0.4) is 0 Å². The Kier molecular flexibility index (Phi) is 4.03. The highest BCUT2D eigenvalue weighted by molar-refractivity contribution is 6.05. The maximum atomic E-state index is 11.8. The molecule has 0 spiro atoms. The van der Waals surface area contributed by atoms with Crippen molar-refractivity contribution in [2.75, 3.05) is 14.2 Å². The lowest BCUT2D eigenvalue weighted by Gasteiger charge is -2.06. The Bertz CT molecular complexity index is 582. The summed E-state index contributed by atoms with van der Waals surface area (Å²) in [5, 5.41) is 0. The number of ketones is 1. The highest BCUT2D eigenvalue weighted by Gasteiger charge is 2.06. The van der Waals surface area contributed by atoms with Gasteiger partial charge in [0.15, 0.2) is 5.76 Å². The number of hydrogen-bond donors (Lipinski definition) is 0. The quantitative estimate of drug-likeness (QED) is 0.610. The van der Waals surface area contributed by atoms with Crippen LogP contribution in [-0.4, -0.2) is 20.0 Å². The number of methoxy groups -OCH3 is 2. The van der Waals surface area contributed by atoms with E-state index in [-0.39, 0.29) is 5.78 Å². The third-order valence-corrected chi connectivity index (χ3v) is 2.62. The molecule has 1 aromatic carbocycles. The highest BCUT2D eigenvalue weighted by atomic mass is 16.5. The van der Waals surface area contributed by atoms with E-state index in [2.05, 4.69) is 0 Å². The van der Waals surface area contributed by atoms with Crippen LogP contribution >= 0.6 is 0 Å². The normalized spacial score (nSPS) is 10.6. The predicted molar refractivity (Wildman–Crippen MR) is 71.6 cm³/mol. The lowest BCUT2D eigenvalue weighted by Crippen LogP contribution is -1.92. The third kappa shape index (κ3) is 3.04. The van der Waals surface area contributed by atoms with Gasteiger partial charge in [0.2, 0.25) is 5.78 Å². The lowest BCUT2D eigenvalue weighted by atomic mass is 10.1. The third-order valence-electron chi connectivity index (χ3n) is 2.62. The van der Waals surface area contributed by atoms with E-state index in [0.717, 1.165) is 5.56 Å². The van der Waals surface area contributed by atoms with E-state index >= 15 is 0 Å². The molecular weight excluding hydrogens is 244 g/mol. The van der Waals surface area contributed by atoms with Gasteiger partial charge in [-0.25, -0.2) is 0 Å². The summed E-state index contributed by atoms with van der Waals surface area (Å²) < 4.78 is 15.4. The van der Waals surface area contributed by atoms with Gasteiger partial charge >= 0.3 is 0 Å². The molecule has 0 atom stereocenters. The largest absolute Gasteiger partial charge is 0.497 e. The Balaban J connectivity index is 2.24. The molecule has 1 heterocycles. The van der Waals surface area contributed by atoms with Gasteiger partial charge in [0.05, 0.1) is 20.5 Å². The minimum absolute atomic E-state index is 0.199. The van der Waals surface area contributed by atoms with Gasteiger partial charge < -0.3 is 13.9 Å². The van der Waals surface area contributed by atoms with Crippen molar-refractivity contribution in [3.05, 3.63) is 54.0 Å². The van der Waals surface area contributed by atoms with Crippen molar-refractivity contribution in [3.8, 4) is 11.5 Å². The Hall–Kier alpha value is -2.49. The first-order chi connectivity index (χ1) is 9.24. The molecule has 2 aromatic rings. The summed E-state index contributed by atoms with van der Waals surface area (Å²) >= 11 is 0. The van der Waals surface area contributed by atoms with E-state index in [1.54, 1.807) is 50.6 Å². The molecule has 2 rings (SSSR count). The number of rotatable bonds is 5. The average molecular weight is 258 g/mol. The van der Waals surface area contributed by atoms with Crippen LogP contribution in [0.2, 0.25) is 0 Å². The molecule has 0 saturated heterocycles. The summed E-state index contributed by atoms with van der Waals surface area (Å²) in [6.45, 7) is 0. The molecule has 0 amide bonds. The first-order valence-electron chi connectivity index (χ1n) is 5.72. The van der Waals surface area contributed by atoms with Crippen LogP contribution in [0.15, 0.2) is 47.1 Å². The van der Waals surface area contributed by atoms with Crippen molar-refractivity contribution >= 4 is 11.9 Å². The van der Waals surface area contributed by atoms with Crippen LogP contribution in [0, 0.1) is 0 Å². The van der Waals surface area contributed by atoms with Gasteiger partial charge in [-0.1, -0.05) is 0 Å². The van der Waals surface area contributed by atoms with E-state index in [1.165, 1.54) is 12.3 Å². The average Bonchev–Trinajstić information content (AvgIpc) is 2.98. The molecule has 0 aliphatic carbocycles. The Morgan fingerprint density at radius 3 is 2.68 bits per heavy atom. The fraction of sp³-hybridized carbons (Fsp3) is 0.133. The van der Waals surface area contributed by atoms with Gasteiger partial charge in [-0.05, 0) is 42.5 Å². The fourth-order valence-corrected chi connectivity index (χ4v) is 1.64. The molecule has 98 valence electrons. The molecule has 0 N–H and O–H groups in total. The number of allylic oxidation sites excluding steroid dienone is 1. The van der Waals surface area contributed by atoms with Gasteiger partial charge in [-0.15, -0.1) is 0 Å². The predicted octanol–water partition coefficient (Wildman–Crippen LogP) is 3.19. The zero-order chi connectivity index (χ0) is 13.7. The second kappa shape index (κ2) is 5.91. The number of carbonyl (C=O) groups excluding carboxylic acids is 1. The molecule has 0 aliphatic heterocycles. The van der Waals surface area contributed by atoms with Crippen LogP contribution in [0.1, 0.15) is 16.1 Å². The van der Waals surface area contributed by atoms with Crippen LogP contribution < -0.4 is 9.47 Å². The minimum Gasteiger partial charge on any atom is -0.497 e. The van der Waals surface area contributed by atoms with E-state index in [1.807, 2.05) is 0 Å². The Morgan fingerprint density at radius 2 is 2.05 bits per heavy atom. The first-order valence-corrected chi connectivity index (χ1v) is 5.72. The summed E-state index contributed by atoms with van der Waals surface area (Å²) in [5.41, 5.74) is 0.766. The molecule has 0 radical (unpaired) electrons. The molecular formula is C15H14O4. The standard InChI is InChI=1S/C15H14O4/c1-17-12-6-8-14(18-2)11(10-12)5-7-13(16)15-4-3-9-19-15/h3-10H,1-2H3/b7-5+. The number of carbonyl (C=O) groups is 1. The first kappa shape index (κ1) is 13.0. The molecule has 0 bridgehead atoms. The van der Waals surface area contributed by atoms with Gasteiger partial charge in [-0.2, -0.15) is 0 Å². The molecule has 4 nitrogen and oxygen atoms in total. The maximum Gasteiger partial charge on any atom is 0.221 e. The lowest BCUT2D eigenvalue weighted by molar-refractivity contribution is 0.102. The van der Waals surface area contributed by atoms with E-state index in [4.69, 9.17) is 13.9 Å². The van der Waals surface area contributed by atoms with Crippen LogP contribution in [0.25, 0.3) is 6.08 Å². The fourth-order valence-electron chi connectivity index (χ4n) is 1.64. The maximum absolute atomic E-state index is 11.8. The van der Waals surface area contributed by atoms with E-state index in [9.17, 15) is 4.79 Å². The minimum atomic E-state index is -0.199. The second-order valence-corrected chi connectivity index (χ2v) is 3.78. The monoisotopic (exact) mass is 258 g/mol. The van der Waals surface area contributed by atoms with Crippen molar-refractivity contribution in [2.24, 2.45) is 0 Å². The number of benzene rings is 1. The van der Waals surface area contributed by atoms with Crippen molar-refractivity contribution in [1.29, 1.82) is 0 Å². The van der Waals surface area contributed by atoms with Gasteiger partial charge in [-0.3, -0.25) is 4.79 Å². The van der Waals surface area contributed by atoms with Crippen molar-refractivity contribution in [1.82, 2.24) is 0 Å². The molecule has 4 heteroatoms. The highest BCUT2D eigenvalue weighted by Crippen LogP contribution is 2.25. The van der Waals surface area contributed by atoms with Gasteiger partial charge in [0.25, 0.3) is 0 Å². The summed E-state index contributed by atoms with van der Waals surface area (Å²) in [5.74, 6) is 1.48. The molecule has 0 fully saturated rings. The number of furan rings is 1. The van der Waals surface area contributed by atoms with Crippen molar-refractivity contribution in [2.45, 2.75) is 0 Å². The number of hydrogen-bond acceptors (Lipinski definition) is 4. The van der Waals surface area contributed by atoms with Crippen LogP contribution in [0.4, 0.5) is 0 Å². The molecule has 0 unspecified atom stereocenters. The molecule has 0 aliphatic rings. The smallest absolute Gasteiger partial charge is 0.221 e. The van der Waals surface area contributed by atoms with E-state index in [0.29, 0.717) is 17.3 Å². The van der Waals surface area contributed by atoms with Gasteiger partial charge in [0, 0.05) is 5.56 Å². The van der Waals surface area contributed by atoms with Crippen LogP contribution in [-0.2, 0) is 0 Å². The van der Waals surface area contributed by atoms with E-state index < -0.39 is 0 Å². The van der Waals surface area contributed by atoms with Crippen LogP contribution in [0.5, 0.6) is 11.5 Å². The Morgan fingerprint density at radius 1 is 1.21 bits per heavy atom. The summed E-state index contributed by atoms with van der Waals surface area (Å²) in [6, 6.07) is 8.67.